The summed E-state index contributed by atoms with van der Waals surface area (Å²) >= 11 is 0. The maximum atomic E-state index is 11.3. The van der Waals surface area contributed by atoms with Gasteiger partial charge in [0.25, 0.3) is 0 Å². The van der Waals surface area contributed by atoms with Crippen molar-refractivity contribution in [3.05, 3.63) is 53.9 Å². The van der Waals surface area contributed by atoms with Gasteiger partial charge < -0.3 is 10.1 Å². The zero-order chi connectivity index (χ0) is 17.2. The molecule has 1 aliphatic heterocycles. The van der Waals surface area contributed by atoms with Crippen molar-refractivity contribution >= 4 is 11.6 Å². The summed E-state index contributed by atoms with van der Waals surface area (Å²) in [5.74, 6) is 0.581. The van der Waals surface area contributed by atoms with Crippen LogP contribution in [0.5, 0.6) is 5.75 Å². The summed E-state index contributed by atoms with van der Waals surface area (Å²) in [5.41, 5.74) is 3.30. The van der Waals surface area contributed by atoms with Crippen LogP contribution in [0.4, 0.5) is 5.69 Å². The molecule has 5 nitrogen and oxygen atoms in total. The Bertz CT molecular complexity index is 771. The van der Waals surface area contributed by atoms with E-state index in [0.717, 1.165) is 19.5 Å². The predicted molar refractivity (Wildman–Crippen MR) is 96.7 cm³/mol. The lowest BCUT2D eigenvalue weighted by Crippen LogP contribution is -2.38. The number of hydrogen-bond acceptors (Lipinski definition) is 4. The number of rotatable bonds is 4. The highest BCUT2D eigenvalue weighted by molar-refractivity contribution is 5.88. The van der Waals surface area contributed by atoms with E-state index in [4.69, 9.17) is 4.74 Å². The fourth-order valence-electron chi connectivity index (χ4n) is 3.97. The van der Waals surface area contributed by atoms with Crippen LogP contribution in [0.25, 0.3) is 0 Å². The molecule has 1 saturated heterocycles. The Labute approximate surface area is 148 Å². The van der Waals surface area contributed by atoms with Crippen molar-refractivity contribution in [1.29, 1.82) is 0 Å². The minimum atomic E-state index is -0.111. The molecule has 2 aliphatic rings. The number of likely N-dealkylation sites (tertiary alicyclic amines) is 1. The molecule has 5 heteroatoms. The topological polar surface area (TPSA) is 54.5 Å². The van der Waals surface area contributed by atoms with E-state index in [1.165, 1.54) is 30.9 Å². The lowest BCUT2D eigenvalue weighted by molar-refractivity contribution is -0.114. The van der Waals surface area contributed by atoms with Gasteiger partial charge in [0.05, 0.1) is 24.1 Å². The van der Waals surface area contributed by atoms with Gasteiger partial charge in [0.2, 0.25) is 5.91 Å². The van der Waals surface area contributed by atoms with E-state index in [2.05, 4.69) is 39.5 Å². The standard InChI is InChI=1S/C20H23N3O2/c1-14(24)22-16-11-17(13-21-12-16)25-20-18-7-3-2-6-15(18)10-19(20)23-8-4-5-9-23/h2-3,6-7,11-13,19-20H,4-5,8-10H2,1H3,(H,22,24)/t19-,20-/m0/s1. The average Bonchev–Trinajstić information content (AvgIpc) is 3.23. The SMILES string of the molecule is CC(=O)Nc1cncc(O[C@H]2c3ccccc3C[C@@H]2N2CCCC2)c1. The van der Waals surface area contributed by atoms with Crippen molar-refractivity contribution < 1.29 is 9.53 Å². The van der Waals surface area contributed by atoms with E-state index in [1.807, 2.05) is 6.07 Å². The van der Waals surface area contributed by atoms with E-state index in [-0.39, 0.29) is 12.0 Å². The van der Waals surface area contributed by atoms with Crippen LogP contribution in [0.15, 0.2) is 42.7 Å². The number of pyridine rings is 1. The molecule has 4 rings (SSSR count). The molecule has 1 aromatic heterocycles. The summed E-state index contributed by atoms with van der Waals surface area (Å²) in [5, 5.41) is 2.76. The zero-order valence-electron chi connectivity index (χ0n) is 14.4. The van der Waals surface area contributed by atoms with E-state index < -0.39 is 0 Å². The average molecular weight is 337 g/mol. The first-order valence-corrected chi connectivity index (χ1v) is 8.92. The van der Waals surface area contributed by atoms with E-state index in [1.54, 1.807) is 12.4 Å². The van der Waals surface area contributed by atoms with Gasteiger partial charge >= 0.3 is 0 Å². The number of amides is 1. The van der Waals surface area contributed by atoms with Crippen molar-refractivity contribution in [2.45, 2.75) is 38.3 Å². The molecule has 130 valence electrons. The maximum Gasteiger partial charge on any atom is 0.221 e. The first kappa shape index (κ1) is 16.1. The van der Waals surface area contributed by atoms with Crippen LogP contribution in [0.3, 0.4) is 0 Å². The van der Waals surface area contributed by atoms with Crippen LogP contribution in [-0.4, -0.2) is 34.9 Å². The summed E-state index contributed by atoms with van der Waals surface area (Å²) in [4.78, 5) is 18.0. The second-order valence-electron chi connectivity index (χ2n) is 6.84. The number of anilines is 1. The number of nitrogens with zero attached hydrogens (tertiary/aromatic N) is 2. The van der Waals surface area contributed by atoms with Crippen molar-refractivity contribution in [3.63, 3.8) is 0 Å². The number of aromatic nitrogens is 1. The molecule has 0 bridgehead atoms. The largest absolute Gasteiger partial charge is 0.482 e. The Hall–Kier alpha value is -2.40. The van der Waals surface area contributed by atoms with Gasteiger partial charge in [-0.3, -0.25) is 14.7 Å². The highest BCUT2D eigenvalue weighted by atomic mass is 16.5. The maximum absolute atomic E-state index is 11.3. The second-order valence-corrected chi connectivity index (χ2v) is 6.84. The predicted octanol–water partition coefficient (Wildman–Crippen LogP) is 3.18. The number of nitrogens with one attached hydrogen (secondary N) is 1. The molecule has 2 heterocycles. The molecule has 1 aliphatic carbocycles. The van der Waals surface area contributed by atoms with Crippen LogP contribution in [0.2, 0.25) is 0 Å². The molecule has 1 amide bonds. The number of carbonyl (C=O) groups is 1. The first-order chi connectivity index (χ1) is 12.2. The zero-order valence-corrected chi connectivity index (χ0v) is 14.4. The Morgan fingerprint density at radius 1 is 1.24 bits per heavy atom. The molecule has 0 radical (unpaired) electrons. The molecule has 0 saturated carbocycles. The van der Waals surface area contributed by atoms with Gasteiger partial charge in [-0.2, -0.15) is 0 Å². The van der Waals surface area contributed by atoms with Crippen LogP contribution in [-0.2, 0) is 11.2 Å². The van der Waals surface area contributed by atoms with Crippen molar-refractivity contribution in [3.8, 4) is 5.75 Å². The third-order valence-electron chi connectivity index (χ3n) is 5.05. The van der Waals surface area contributed by atoms with Gasteiger partial charge in [-0.1, -0.05) is 24.3 Å². The van der Waals surface area contributed by atoms with Gasteiger partial charge in [0.1, 0.15) is 11.9 Å². The fraction of sp³-hybridized carbons (Fsp3) is 0.400. The van der Waals surface area contributed by atoms with Crippen LogP contribution >= 0.6 is 0 Å². The van der Waals surface area contributed by atoms with Crippen LogP contribution < -0.4 is 10.1 Å². The molecule has 1 N–H and O–H groups in total. The van der Waals surface area contributed by atoms with Crippen LogP contribution in [0, 0.1) is 0 Å². The Morgan fingerprint density at radius 2 is 2.04 bits per heavy atom. The second kappa shape index (κ2) is 6.84. The normalized spacial score (nSPS) is 22.6. The molecule has 0 spiro atoms. The minimum Gasteiger partial charge on any atom is -0.482 e. The lowest BCUT2D eigenvalue weighted by Gasteiger charge is -2.29. The molecule has 2 aromatic rings. The van der Waals surface area contributed by atoms with E-state index in [9.17, 15) is 4.79 Å². The highest BCUT2D eigenvalue weighted by Crippen LogP contribution is 2.39. The smallest absolute Gasteiger partial charge is 0.221 e. The molecule has 0 unspecified atom stereocenters. The van der Waals surface area contributed by atoms with Crippen molar-refractivity contribution in [1.82, 2.24) is 9.88 Å². The molecule has 1 fully saturated rings. The van der Waals surface area contributed by atoms with Gasteiger partial charge in [0.15, 0.2) is 0 Å². The van der Waals surface area contributed by atoms with Gasteiger partial charge in [-0.15, -0.1) is 0 Å². The van der Waals surface area contributed by atoms with Gasteiger partial charge in [0, 0.05) is 13.0 Å². The number of ether oxygens (including phenoxy) is 1. The highest BCUT2D eigenvalue weighted by Gasteiger charge is 2.38. The quantitative estimate of drug-likeness (QED) is 0.931. The van der Waals surface area contributed by atoms with E-state index >= 15 is 0 Å². The fourth-order valence-corrected chi connectivity index (χ4v) is 3.97. The number of hydrogen-bond donors (Lipinski definition) is 1. The van der Waals surface area contributed by atoms with Gasteiger partial charge in [-0.05, 0) is 43.5 Å². The number of benzene rings is 1. The Kier molecular flexibility index (Phi) is 4.40. The summed E-state index contributed by atoms with van der Waals surface area (Å²) in [6.07, 6.45) is 6.91. The Morgan fingerprint density at radius 3 is 2.84 bits per heavy atom. The summed E-state index contributed by atoms with van der Waals surface area (Å²) in [7, 11) is 0. The van der Waals surface area contributed by atoms with E-state index in [0.29, 0.717) is 17.5 Å². The van der Waals surface area contributed by atoms with Crippen molar-refractivity contribution in [2.75, 3.05) is 18.4 Å². The third kappa shape index (κ3) is 3.37. The molecular weight excluding hydrogens is 314 g/mol. The number of carbonyl (C=O) groups excluding carboxylic acids is 1. The molecule has 1 aromatic carbocycles. The summed E-state index contributed by atoms with van der Waals surface area (Å²) in [6, 6.07) is 10.8. The molecule has 2 atom stereocenters. The molecular formula is C20H23N3O2. The monoisotopic (exact) mass is 337 g/mol. The van der Waals surface area contributed by atoms with Crippen molar-refractivity contribution in [2.24, 2.45) is 0 Å². The summed E-state index contributed by atoms with van der Waals surface area (Å²) < 4.78 is 6.39. The summed E-state index contributed by atoms with van der Waals surface area (Å²) in [6.45, 7) is 3.77. The van der Waals surface area contributed by atoms with Crippen LogP contribution in [0.1, 0.15) is 37.0 Å². The minimum absolute atomic E-state index is 0.00341. The third-order valence-corrected chi connectivity index (χ3v) is 5.05. The molecule has 25 heavy (non-hydrogen) atoms. The first-order valence-electron chi connectivity index (χ1n) is 8.92. The number of fused-ring (bicyclic) bond motifs is 1. The Balaban J connectivity index is 1.60. The van der Waals surface area contributed by atoms with Gasteiger partial charge in [-0.25, -0.2) is 0 Å². The lowest BCUT2D eigenvalue weighted by atomic mass is 10.1.